The molecule has 0 atom stereocenters. The molecule has 1 aliphatic heterocycles. The van der Waals surface area contributed by atoms with Crippen molar-refractivity contribution in [3.05, 3.63) is 53.1 Å². The second-order valence-electron chi connectivity index (χ2n) is 5.27. The first kappa shape index (κ1) is 14.4. The van der Waals surface area contributed by atoms with Crippen LogP contribution in [0.25, 0.3) is 5.03 Å². The van der Waals surface area contributed by atoms with Gasteiger partial charge < -0.3 is 9.64 Å². The molecule has 0 aromatic heterocycles. The molecule has 0 spiro atoms. The van der Waals surface area contributed by atoms with E-state index in [4.69, 9.17) is 16.3 Å². The highest BCUT2D eigenvalue weighted by Crippen LogP contribution is 2.34. The second-order valence-corrected chi connectivity index (χ2v) is 5.65. The van der Waals surface area contributed by atoms with Crippen LogP contribution in [0.1, 0.15) is 17.5 Å². The first-order valence-electron chi connectivity index (χ1n) is 7.27. The van der Waals surface area contributed by atoms with Crippen molar-refractivity contribution in [1.82, 2.24) is 4.90 Å². The van der Waals surface area contributed by atoms with Crippen molar-refractivity contribution in [2.24, 2.45) is 0 Å². The molecule has 3 rings (SSSR count). The van der Waals surface area contributed by atoms with E-state index in [1.165, 1.54) is 5.56 Å². The van der Waals surface area contributed by atoms with Gasteiger partial charge in [-0.15, -0.1) is 0 Å². The van der Waals surface area contributed by atoms with Gasteiger partial charge in [-0.1, -0.05) is 41.9 Å². The van der Waals surface area contributed by atoms with Gasteiger partial charge in [0.1, 0.15) is 0 Å². The van der Waals surface area contributed by atoms with Gasteiger partial charge in [-0.05, 0) is 29.5 Å². The molecular weight excluding hydrogens is 286 g/mol. The van der Waals surface area contributed by atoms with Crippen molar-refractivity contribution < 1.29 is 9.53 Å². The van der Waals surface area contributed by atoms with Crippen LogP contribution in [0.4, 0.5) is 0 Å². The maximum absolute atomic E-state index is 12.1. The number of nitrogens with zero attached hydrogens (tertiary/aromatic N) is 1. The SMILES string of the molecule is O=C(/C=C/C1=C(Cl)c2ccccc2CC1)N1CCOCC1. The molecule has 4 heteroatoms. The first-order valence-corrected chi connectivity index (χ1v) is 7.65. The average molecular weight is 304 g/mol. The number of allylic oxidation sites excluding steroid dienone is 2. The lowest BCUT2D eigenvalue weighted by Gasteiger charge is -2.25. The molecule has 1 aliphatic carbocycles. The number of ether oxygens (including phenoxy) is 1. The topological polar surface area (TPSA) is 29.5 Å². The van der Waals surface area contributed by atoms with Crippen LogP contribution in [0, 0.1) is 0 Å². The summed E-state index contributed by atoms with van der Waals surface area (Å²) in [7, 11) is 0. The molecule has 1 heterocycles. The molecule has 1 saturated heterocycles. The predicted molar refractivity (Wildman–Crippen MR) is 84.1 cm³/mol. The number of hydrogen-bond acceptors (Lipinski definition) is 2. The molecule has 0 radical (unpaired) electrons. The molecule has 0 unspecified atom stereocenters. The van der Waals surface area contributed by atoms with E-state index in [0.717, 1.165) is 29.0 Å². The number of aryl methyl sites for hydroxylation is 1. The summed E-state index contributed by atoms with van der Waals surface area (Å²) in [6.07, 6.45) is 5.35. The monoisotopic (exact) mass is 303 g/mol. The predicted octanol–water partition coefficient (Wildman–Crippen LogP) is 3.00. The normalized spacial score (nSPS) is 19.0. The van der Waals surface area contributed by atoms with Crippen LogP contribution in [0.3, 0.4) is 0 Å². The Morgan fingerprint density at radius 2 is 1.95 bits per heavy atom. The lowest BCUT2D eigenvalue weighted by molar-refractivity contribution is -0.129. The fraction of sp³-hybridized carbons (Fsp3) is 0.353. The summed E-state index contributed by atoms with van der Waals surface area (Å²) in [6, 6.07) is 8.17. The maximum Gasteiger partial charge on any atom is 0.246 e. The number of benzene rings is 1. The number of carbonyl (C=O) groups is 1. The van der Waals surface area contributed by atoms with Gasteiger partial charge in [-0.3, -0.25) is 4.79 Å². The van der Waals surface area contributed by atoms with Crippen LogP contribution in [0.2, 0.25) is 0 Å². The van der Waals surface area contributed by atoms with E-state index in [1.807, 2.05) is 29.2 Å². The summed E-state index contributed by atoms with van der Waals surface area (Å²) >= 11 is 6.47. The van der Waals surface area contributed by atoms with Gasteiger partial charge in [-0.2, -0.15) is 0 Å². The van der Waals surface area contributed by atoms with Crippen LogP contribution in [0.5, 0.6) is 0 Å². The third-order valence-corrected chi connectivity index (χ3v) is 4.40. The van der Waals surface area contributed by atoms with Gasteiger partial charge in [0.05, 0.1) is 18.2 Å². The number of carbonyl (C=O) groups excluding carboxylic acids is 1. The molecule has 1 fully saturated rings. The molecule has 1 aromatic rings. The summed E-state index contributed by atoms with van der Waals surface area (Å²) in [5.41, 5.74) is 3.40. The van der Waals surface area contributed by atoms with Gasteiger partial charge in [-0.25, -0.2) is 0 Å². The summed E-state index contributed by atoms with van der Waals surface area (Å²) in [4.78, 5) is 13.9. The largest absolute Gasteiger partial charge is 0.378 e. The van der Waals surface area contributed by atoms with Crippen LogP contribution in [-0.2, 0) is 16.0 Å². The minimum absolute atomic E-state index is 0.0362. The van der Waals surface area contributed by atoms with E-state index >= 15 is 0 Å². The third kappa shape index (κ3) is 3.20. The zero-order valence-corrected chi connectivity index (χ0v) is 12.6. The Morgan fingerprint density at radius 3 is 2.76 bits per heavy atom. The Hall–Kier alpha value is -1.58. The minimum atomic E-state index is 0.0362. The van der Waals surface area contributed by atoms with E-state index in [1.54, 1.807) is 6.08 Å². The van der Waals surface area contributed by atoms with Crippen LogP contribution < -0.4 is 0 Å². The fourth-order valence-corrected chi connectivity index (χ4v) is 3.06. The summed E-state index contributed by atoms with van der Waals surface area (Å²) in [6.45, 7) is 2.57. The standard InChI is InChI=1S/C17H18ClNO2/c18-17-14(6-5-13-3-1-2-4-15(13)17)7-8-16(20)19-9-11-21-12-10-19/h1-4,7-8H,5-6,9-12H2/b8-7+. The average Bonchev–Trinajstić information content (AvgIpc) is 2.55. The Balaban J connectivity index is 1.75. The highest BCUT2D eigenvalue weighted by molar-refractivity contribution is 6.49. The summed E-state index contributed by atoms with van der Waals surface area (Å²) in [5, 5.41) is 0.767. The number of halogens is 1. The molecule has 2 aliphatic rings. The molecule has 0 saturated carbocycles. The Labute approximate surface area is 129 Å². The minimum Gasteiger partial charge on any atom is -0.378 e. The molecule has 1 amide bonds. The quantitative estimate of drug-likeness (QED) is 0.786. The van der Waals surface area contributed by atoms with Crippen LogP contribution in [-0.4, -0.2) is 37.1 Å². The third-order valence-electron chi connectivity index (χ3n) is 3.95. The maximum atomic E-state index is 12.1. The van der Waals surface area contributed by atoms with Crippen molar-refractivity contribution in [2.45, 2.75) is 12.8 Å². The zero-order valence-electron chi connectivity index (χ0n) is 11.8. The molecule has 21 heavy (non-hydrogen) atoms. The lowest BCUT2D eigenvalue weighted by atomic mass is 9.92. The van der Waals surface area contributed by atoms with E-state index in [2.05, 4.69) is 6.07 Å². The van der Waals surface area contributed by atoms with Crippen molar-refractivity contribution in [3.8, 4) is 0 Å². The van der Waals surface area contributed by atoms with Crippen molar-refractivity contribution >= 4 is 22.5 Å². The van der Waals surface area contributed by atoms with Crippen molar-refractivity contribution in [3.63, 3.8) is 0 Å². The van der Waals surface area contributed by atoms with Crippen LogP contribution in [0.15, 0.2) is 42.0 Å². The Bertz CT molecular complexity index is 601. The number of rotatable bonds is 2. The molecule has 0 bridgehead atoms. The van der Waals surface area contributed by atoms with Gasteiger partial charge >= 0.3 is 0 Å². The molecule has 0 N–H and O–H groups in total. The molecular formula is C17H18ClNO2. The van der Waals surface area contributed by atoms with E-state index in [0.29, 0.717) is 26.3 Å². The lowest BCUT2D eigenvalue weighted by Crippen LogP contribution is -2.39. The highest BCUT2D eigenvalue weighted by atomic mass is 35.5. The van der Waals surface area contributed by atoms with E-state index in [9.17, 15) is 4.79 Å². The summed E-state index contributed by atoms with van der Waals surface area (Å²) < 4.78 is 5.25. The van der Waals surface area contributed by atoms with Crippen LogP contribution >= 0.6 is 11.6 Å². The van der Waals surface area contributed by atoms with Gasteiger partial charge in [0.2, 0.25) is 5.91 Å². The zero-order chi connectivity index (χ0) is 14.7. The Morgan fingerprint density at radius 1 is 1.19 bits per heavy atom. The number of fused-ring (bicyclic) bond motifs is 1. The summed E-state index contributed by atoms with van der Waals surface area (Å²) in [5.74, 6) is 0.0362. The van der Waals surface area contributed by atoms with E-state index in [-0.39, 0.29) is 5.91 Å². The van der Waals surface area contributed by atoms with Crippen molar-refractivity contribution in [2.75, 3.05) is 26.3 Å². The molecule has 110 valence electrons. The van der Waals surface area contributed by atoms with Crippen molar-refractivity contribution in [1.29, 1.82) is 0 Å². The number of morpholine rings is 1. The fourth-order valence-electron chi connectivity index (χ4n) is 2.72. The second kappa shape index (κ2) is 6.46. The van der Waals surface area contributed by atoms with Gasteiger partial charge in [0.15, 0.2) is 0 Å². The highest BCUT2D eigenvalue weighted by Gasteiger charge is 2.17. The number of hydrogen-bond donors (Lipinski definition) is 0. The smallest absolute Gasteiger partial charge is 0.246 e. The number of amides is 1. The van der Waals surface area contributed by atoms with Gasteiger partial charge in [0.25, 0.3) is 0 Å². The Kier molecular flexibility index (Phi) is 4.42. The molecule has 3 nitrogen and oxygen atoms in total. The van der Waals surface area contributed by atoms with E-state index < -0.39 is 0 Å². The molecule has 1 aromatic carbocycles. The first-order chi connectivity index (χ1) is 10.3. The van der Waals surface area contributed by atoms with Gasteiger partial charge in [0, 0.05) is 19.2 Å².